The average molecular weight is 307 g/mol. The molecular formula is C18H30SSi. The largest absolute Gasteiger partial charge is 0.123 e. The van der Waals surface area contributed by atoms with Crippen molar-refractivity contribution in [2.24, 2.45) is 0 Å². The van der Waals surface area contributed by atoms with E-state index in [0.717, 1.165) is 10.8 Å². The summed E-state index contributed by atoms with van der Waals surface area (Å²) in [5.74, 6) is 0. The first-order valence-corrected chi connectivity index (χ1v) is 11.0. The van der Waals surface area contributed by atoms with Crippen LogP contribution >= 0.6 is 11.8 Å². The molecule has 1 aromatic rings. The van der Waals surface area contributed by atoms with Gasteiger partial charge in [0.25, 0.3) is 0 Å². The van der Waals surface area contributed by atoms with Crippen LogP contribution in [-0.2, 0) is 0 Å². The highest BCUT2D eigenvalue weighted by Crippen LogP contribution is 2.69. The predicted molar refractivity (Wildman–Crippen MR) is 95.5 cm³/mol. The molecule has 0 aliphatic carbocycles. The molecule has 0 bridgehead atoms. The molecule has 1 saturated heterocycles. The fraction of sp³-hybridized carbons (Fsp3) is 0.667. The van der Waals surface area contributed by atoms with Gasteiger partial charge in [-0.3, -0.25) is 0 Å². The van der Waals surface area contributed by atoms with Gasteiger partial charge in [0.2, 0.25) is 0 Å². The Labute approximate surface area is 130 Å². The Morgan fingerprint density at radius 1 is 0.950 bits per heavy atom. The summed E-state index contributed by atoms with van der Waals surface area (Å²) in [6.45, 7) is 17.5. The van der Waals surface area contributed by atoms with Crippen molar-refractivity contribution in [3.63, 3.8) is 0 Å². The van der Waals surface area contributed by atoms with E-state index in [0.29, 0.717) is 10.1 Å². The summed E-state index contributed by atoms with van der Waals surface area (Å²) in [5, 5.41) is 1.82. The molecule has 0 amide bonds. The van der Waals surface area contributed by atoms with Crippen LogP contribution in [0.15, 0.2) is 35.2 Å². The lowest BCUT2D eigenvalue weighted by Gasteiger charge is -2.65. The lowest BCUT2D eigenvalue weighted by Crippen LogP contribution is -2.65. The van der Waals surface area contributed by atoms with Crippen LogP contribution in [0, 0.1) is 0 Å². The fourth-order valence-electron chi connectivity index (χ4n) is 4.76. The second-order valence-corrected chi connectivity index (χ2v) is 16.0. The van der Waals surface area contributed by atoms with E-state index in [2.05, 4.69) is 90.6 Å². The van der Waals surface area contributed by atoms with Crippen molar-refractivity contribution in [3.05, 3.63) is 30.3 Å². The van der Waals surface area contributed by atoms with Gasteiger partial charge >= 0.3 is 0 Å². The maximum absolute atomic E-state index is 2.53. The van der Waals surface area contributed by atoms with Gasteiger partial charge in [0, 0.05) is 10.1 Å². The van der Waals surface area contributed by atoms with Gasteiger partial charge < -0.3 is 0 Å². The van der Waals surface area contributed by atoms with E-state index < -0.39 is 8.07 Å². The normalized spacial score (nSPS) is 26.1. The zero-order valence-corrected chi connectivity index (χ0v) is 16.0. The zero-order chi connectivity index (χ0) is 15.2. The van der Waals surface area contributed by atoms with E-state index in [4.69, 9.17) is 0 Å². The molecule has 0 saturated carbocycles. The van der Waals surface area contributed by atoms with E-state index in [1.165, 1.54) is 10.9 Å². The summed E-state index contributed by atoms with van der Waals surface area (Å²) >= 11 is 2.11. The Morgan fingerprint density at radius 3 is 1.85 bits per heavy atom. The Bertz CT molecular complexity index is 439. The van der Waals surface area contributed by atoms with Crippen LogP contribution < -0.4 is 0 Å². The Kier molecular flexibility index (Phi) is 4.21. The molecule has 112 valence electrons. The van der Waals surface area contributed by atoms with Crippen LogP contribution in [0.4, 0.5) is 0 Å². The van der Waals surface area contributed by atoms with Gasteiger partial charge in [0.05, 0.1) is 8.07 Å². The first-order valence-electron chi connectivity index (χ1n) is 7.81. The standard InChI is InChI=1S/C18H30SSi/c1-14-16(19-15-11-9-8-10-12-15)13-20(14,17(2,3)4)18(5,6)7/h8-12,14,16H,13H2,1-7H3/t14-,16+/m1/s1. The van der Waals surface area contributed by atoms with E-state index in [1.54, 1.807) is 0 Å². The van der Waals surface area contributed by atoms with Crippen molar-refractivity contribution >= 4 is 19.8 Å². The molecule has 0 aromatic heterocycles. The quantitative estimate of drug-likeness (QED) is 0.555. The molecule has 0 N–H and O–H groups in total. The molecule has 1 fully saturated rings. The molecule has 2 heteroatoms. The first-order chi connectivity index (χ1) is 9.09. The minimum absolute atomic E-state index is 0.498. The molecule has 0 unspecified atom stereocenters. The van der Waals surface area contributed by atoms with Crippen LogP contribution in [0.25, 0.3) is 0 Å². The molecule has 2 atom stereocenters. The highest BCUT2D eigenvalue weighted by Gasteiger charge is 2.64. The van der Waals surface area contributed by atoms with Crippen molar-refractivity contribution in [2.75, 3.05) is 0 Å². The molecule has 1 aliphatic rings. The summed E-state index contributed by atoms with van der Waals surface area (Å²) in [7, 11) is -1.29. The van der Waals surface area contributed by atoms with Gasteiger partial charge in [-0.15, -0.1) is 11.8 Å². The van der Waals surface area contributed by atoms with Gasteiger partial charge in [-0.1, -0.05) is 66.7 Å². The average Bonchev–Trinajstić information content (AvgIpc) is 2.31. The van der Waals surface area contributed by atoms with Crippen LogP contribution in [0.2, 0.25) is 21.7 Å². The molecule has 1 heterocycles. The third kappa shape index (κ3) is 2.50. The Morgan fingerprint density at radius 2 is 1.45 bits per heavy atom. The monoisotopic (exact) mass is 306 g/mol. The topological polar surface area (TPSA) is 0 Å². The van der Waals surface area contributed by atoms with Crippen LogP contribution in [0.5, 0.6) is 0 Å². The molecule has 0 radical (unpaired) electrons. The summed E-state index contributed by atoms with van der Waals surface area (Å²) in [4.78, 5) is 1.44. The number of rotatable bonds is 2. The van der Waals surface area contributed by atoms with Gasteiger partial charge in [-0.25, -0.2) is 0 Å². The summed E-state index contributed by atoms with van der Waals surface area (Å²) in [5.41, 5.74) is 0.896. The Hall–Kier alpha value is -0.213. The smallest absolute Gasteiger partial charge is 0.0694 e. The summed E-state index contributed by atoms with van der Waals surface area (Å²) in [6.07, 6.45) is 0. The molecular weight excluding hydrogens is 276 g/mol. The lowest BCUT2D eigenvalue weighted by molar-refractivity contribution is 0.523. The number of hydrogen-bond donors (Lipinski definition) is 0. The van der Waals surface area contributed by atoms with Gasteiger partial charge in [-0.2, -0.15) is 0 Å². The van der Waals surface area contributed by atoms with Crippen molar-refractivity contribution in [3.8, 4) is 0 Å². The summed E-state index contributed by atoms with van der Waals surface area (Å²) in [6, 6.07) is 12.4. The highest BCUT2D eigenvalue weighted by atomic mass is 32.2. The third-order valence-electron chi connectivity index (χ3n) is 5.57. The number of hydrogen-bond acceptors (Lipinski definition) is 1. The second kappa shape index (κ2) is 5.21. The van der Waals surface area contributed by atoms with Gasteiger partial charge in [-0.05, 0) is 33.8 Å². The lowest BCUT2D eigenvalue weighted by atomic mass is 10.2. The minimum Gasteiger partial charge on any atom is -0.123 e. The SMILES string of the molecule is C[C@@H]1[C@@H](Sc2ccccc2)C[Si]1(C(C)(C)C)C(C)(C)C. The van der Waals surface area contributed by atoms with Crippen molar-refractivity contribution in [2.45, 2.75) is 80.3 Å². The predicted octanol–water partition coefficient (Wildman–Crippen LogP) is 6.60. The van der Waals surface area contributed by atoms with Gasteiger partial charge in [0.15, 0.2) is 0 Å². The highest BCUT2D eigenvalue weighted by molar-refractivity contribution is 8.00. The molecule has 0 nitrogen and oxygen atoms in total. The summed E-state index contributed by atoms with van der Waals surface area (Å²) < 4.78 is 0. The first kappa shape index (κ1) is 16.2. The second-order valence-electron chi connectivity index (χ2n) is 8.43. The van der Waals surface area contributed by atoms with Crippen LogP contribution in [-0.4, -0.2) is 13.3 Å². The molecule has 20 heavy (non-hydrogen) atoms. The minimum atomic E-state index is -1.29. The molecule has 2 rings (SSSR count). The third-order valence-corrected chi connectivity index (χ3v) is 15.9. The Balaban J connectivity index is 2.18. The van der Waals surface area contributed by atoms with Crippen LogP contribution in [0.3, 0.4) is 0 Å². The van der Waals surface area contributed by atoms with E-state index >= 15 is 0 Å². The molecule has 1 aromatic carbocycles. The van der Waals surface area contributed by atoms with Crippen molar-refractivity contribution in [1.82, 2.24) is 0 Å². The molecule has 1 aliphatic heterocycles. The van der Waals surface area contributed by atoms with E-state index in [1.807, 2.05) is 0 Å². The van der Waals surface area contributed by atoms with E-state index in [-0.39, 0.29) is 0 Å². The fourth-order valence-corrected chi connectivity index (χ4v) is 15.5. The maximum atomic E-state index is 2.53. The maximum Gasteiger partial charge on any atom is 0.0694 e. The van der Waals surface area contributed by atoms with Gasteiger partial charge in [0.1, 0.15) is 0 Å². The number of benzene rings is 1. The van der Waals surface area contributed by atoms with E-state index in [9.17, 15) is 0 Å². The van der Waals surface area contributed by atoms with Crippen molar-refractivity contribution in [1.29, 1.82) is 0 Å². The zero-order valence-electron chi connectivity index (χ0n) is 14.2. The van der Waals surface area contributed by atoms with Crippen molar-refractivity contribution < 1.29 is 0 Å². The molecule has 0 spiro atoms. The number of thioether (sulfide) groups is 1. The van der Waals surface area contributed by atoms with Crippen LogP contribution in [0.1, 0.15) is 48.5 Å².